The lowest BCUT2D eigenvalue weighted by molar-refractivity contribution is 0.122. The molecule has 1 aliphatic rings. The van der Waals surface area contributed by atoms with Gasteiger partial charge in [0, 0.05) is 31.4 Å². The minimum absolute atomic E-state index is 0.251. The summed E-state index contributed by atoms with van der Waals surface area (Å²) in [6, 6.07) is 9.40. The van der Waals surface area contributed by atoms with Crippen molar-refractivity contribution in [3.8, 4) is 0 Å². The van der Waals surface area contributed by atoms with E-state index in [4.69, 9.17) is 0 Å². The third kappa shape index (κ3) is 2.54. The molecule has 0 saturated carbocycles. The molecule has 100 valence electrons. The van der Waals surface area contributed by atoms with Crippen LogP contribution in [0.25, 0.3) is 0 Å². The van der Waals surface area contributed by atoms with Crippen LogP contribution in [0.15, 0.2) is 24.3 Å². The Morgan fingerprint density at radius 2 is 1.83 bits per heavy atom. The van der Waals surface area contributed by atoms with Gasteiger partial charge < -0.3 is 4.90 Å². The van der Waals surface area contributed by atoms with Crippen LogP contribution in [0.5, 0.6) is 0 Å². The summed E-state index contributed by atoms with van der Waals surface area (Å²) in [6.07, 6.45) is 2.59. The topological polar surface area (TPSA) is 6.48 Å². The van der Waals surface area contributed by atoms with Crippen LogP contribution in [0, 0.1) is 0 Å². The zero-order chi connectivity index (χ0) is 13.3. The van der Waals surface area contributed by atoms with Crippen molar-refractivity contribution in [2.24, 2.45) is 0 Å². The minimum Gasteiger partial charge on any atom is -0.377 e. The molecule has 1 unspecified atom stereocenters. The average Bonchev–Trinajstić information content (AvgIpc) is 2.77. The Labute approximate surface area is 112 Å². The van der Waals surface area contributed by atoms with Crippen molar-refractivity contribution in [3.63, 3.8) is 0 Å². The Kier molecular flexibility index (Phi) is 3.67. The van der Waals surface area contributed by atoms with E-state index in [1.807, 2.05) is 0 Å². The SMILES string of the molecule is CN(C)c1ccccc1C1CCCN1C(C)(C)C. The molecule has 1 saturated heterocycles. The number of nitrogens with zero attached hydrogens (tertiary/aromatic N) is 2. The normalized spacial score (nSPS) is 21.3. The summed E-state index contributed by atoms with van der Waals surface area (Å²) in [5.74, 6) is 0. The molecule has 0 spiro atoms. The van der Waals surface area contributed by atoms with Gasteiger partial charge in [-0.15, -0.1) is 0 Å². The summed E-state index contributed by atoms with van der Waals surface area (Å²) < 4.78 is 0. The largest absolute Gasteiger partial charge is 0.377 e. The van der Waals surface area contributed by atoms with Gasteiger partial charge in [0.25, 0.3) is 0 Å². The highest BCUT2D eigenvalue weighted by Gasteiger charge is 2.34. The van der Waals surface area contributed by atoms with Gasteiger partial charge in [0.1, 0.15) is 0 Å². The fraction of sp³-hybridized carbons (Fsp3) is 0.625. The van der Waals surface area contributed by atoms with E-state index in [9.17, 15) is 0 Å². The average molecular weight is 246 g/mol. The van der Waals surface area contributed by atoms with Crippen molar-refractivity contribution in [1.82, 2.24) is 4.90 Å². The van der Waals surface area contributed by atoms with Gasteiger partial charge in [0.05, 0.1) is 0 Å². The van der Waals surface area contributed by atoms with Gasteiger partial charge in [-0.1, -0.05) is 18.2 Å². The molecule has 0 aliphatic carbocycles. The van der Waals surface area contributed by atoms with Crippen molar-refractivity contribution in [2.75, 3.05) is 25.5 Å². The van der Waals surface area contributed by atoms with Crippen LogP contribution >= 0.6 is 0 Å². The lowest BCUT2D eigenvalue weighted by atomic mass is 9.97. The van der Waals surface area contributed by atoms with E-state index in [0.29, 0.717) is 6.04 Å². The Balaban J connectivity index is 2.36. The molecule has 0 N–H and O–H groups in total. The lowest BCUT2D eigenvalue weighted by Gasteiger charge is -2.38. The second kappa shape index (κ2) is 4.93. The molecular formula is C16H26N2. The molecule has 1 fully saturated rings. The molecule has 1 aromatic carbocycles. The van der Waals surface area contributed by atoms with E-state index < -0.39 is 0 Å². The maximum Gasteiger partial charge on any atom is 0.0409 e. The van der Waals surface area contributed by atoms with Crippen molar-refractivity contribution in [1.29, 1.82) is 0 Å². The number of anilines is 1. The zero-order valence-corrected chi connectivity index (χ0v) is 12.4. The molecule has 0 amide bonds. The van der Waals surface area contributed by atoms with Gasteiger partial charge >= 0.3 is 0 Å². The van der Waals surface area contributed by atoms with E-state index >= 15 is 0 Å². The fourth-order valence-electron chi connectivity index (χ4n) is 3.07. The third-order valence-corrected chi connectivity index (χ3v) is 3.89. The summed E-state index contributed by atoms with van der Waals surface area (Å²) in [6.45, 7) is 8.19. The zero-order valence-electron chi connectivity index (χ0n) is 12.4. The molecule has 2 heteroatoms. The van der Waals surface area contributed by atoms with Crippen LogP contribution in [0.4, 0.5) is 5.69 Å². The number of hydrogen-bond donors (Lipinski definition) is 0. The molecule has 18 heavy (non-hydrogen) atoms. The first-order chi connectivity index (χ1) is 8.41. The Bertz CT molecular complexity index is 404. The van der Waals surface area contributed by atoms with Crippen LogP contribution in [0.1, 0.15) is 45.2 Å². The molecule has 0 bridgehead atoms. The molecule has 0 radical (unpaired) electrons. The van der Waals surface area contributed by atoms with E-state index in [0.717, 1.165) is 0 Å². The van der Waals surface area contributed by atoms with Crippen molar-refractivity contribution in [2.45, 2.75) is 45.2 Å². The van der Waals surface area contributed by atoms with Gasteiger partial charge in [0.15, 0.2) is 0 Å². The molecule has 1 atom stereocenters. The number of rotatable bonds is 2. The first-order valence-corrected chi connectivity index (χ1v) is 6.94. The first-order valence-electron chi connectivity index (χ1n) is 6.94. The standard InChI is InChI=1S/C16H26N2/c1-16(2,3)18-12-8-11-15(18)13-9-6-7-10-14(13)17(4)5/h6-7,9-10,15H,8,11-12H2,1-5H3. The summed E-state index contributed by atoms with van der Waals surface area (Å²) in [7, 11) is 4.27. The van der Waals surface area contributed by atoms with Crippen LogP contribution in [-0.4, -0.2) is 31.1 Å². The Hall–Kier alpha value is -1.02. The number of hydrogen-bond acceptors (Lipinski definition) is 2. The molecule has 2 rings (SSSR count). The first kappa shape index (κ1) is 13.4. The fourth-order valence-corrected chi connectivity index (χ4v) is 3.07. The quantitative estimate of drug-likeness (QED) is 0.785. The highest BCUT2D eigenvalue weighted by molar-refractivity contribution is 5.54. The highest BCUT2D eigenvalue weighted by Crippen LogP contribution is 2.40. The van der Waals surface area contributed by atoms with Crippen molar-refractivity contribution in [3.05, 3.63) is 29.8 Å². The van der Waals surface area contributed by atoms with Gasteiger partial charge in [-0.2, -0.15) is 0 Å². The van der Waals surface area contributed by atoms with Crippen LogP contribution in [0.3, 0.4) is 0 Å². The van der Waals surface area contributed by atoms with Crippen LogP contribution in [-0.2, 0) is 0 Å². The van der Waals surface area contributed by atoms with E-state index in [2.05, 4.69) is 68.9 Å². The van der Waals surface area contributed by atoms with Crippen molar-refractivity contribution < 1.29 is 0 Å². The minimum atomic E-state index is 0.251. The number of benzene rings is 1. The number of para-hydroxylation sites is 1. The van der Waals surface area contributed by atoms with Crippen LogP contribution in [0.2, 0.25) is 0 Å². The van der Waals surface area contributed by atoms with E-state index in [1.54, 1.807) is 0 Å². The molecule has 1 heterocycles. The molecule has 1 aliphatic heterocycles. The summed E-state index contributed by atoms with van der Waals surface area (Å²) in [5.41, 5.74) is 3.09. The van der Waals surface area contributed by atoms with Gasteiger partial charge in [-0.3, -0.25) is 4.90 Å². The van der Waals surface area contributed by atoms with E-state index in [-0.39, 0.29) is 5.54 Å². The van der Waals surface area contributed by atoms with Gasteiger partial charge in [0.2, 0.25) is 0 Å². The summed E-state index contributed by atoms with van der Waals surface area (Å²) in [4.78, 5) is 4.88. The summed E-state index contributed by atoms with van der Waals surface area (Å²) >= 11 is 0. The second-order valence-electron chi connectivity index (χ2n) is 6.48. The number of likely N-dealkylation sites (tertiary alicyclic amines) is 1. The van der Waals surface area contributed by atoms with Crippen LogP contribution < -0.4 is 4.90 Å². The molecule has 2 nitrogen and oxygen atoms in total. The lowest BCUT2D eigenvalue weighted by Crippen LogP contribution is -2.40. The Morgan fingerprint density at radius 1 is 1.17 bits per heavy atom. The Morgan fingerprint density at radius 3 is 2.44 bits per heavy atom. The monoisotopic (exact) mass is 246 g/mol. The molecule has 1 aromatic rings. The predicted octanol–water partition coefficient (Wildman–Crippen LogP) is 3.69. The van der Waals surface area contributed by atoms with Gasteiger partial charge in [-0.25, -0.2) is 0 Å². The summed E-state index contributed by atoms with van der Waals surface area (Å²) in [5, 5.41) is 0. The smallest absolute Gasteiger partial charge is 0.0409 e. The highest BCUT2D eigenvalue weighted by atomic mass is 15.2. The second-order valence-corrected chi connectivity index (χ2v) is 6.48. The maximum absolute atomic E-state index is 2.65. The predicted molar refractivity (Wildman–Crippen MR) is 79.2 cm³/mol. The van der Waals surface area contributed by atoms with Gasteiger partial charge in [-0.05, 0) is 51.8 Å². The van der Waals surface area contributed by atoms with Crippen molar-refractivity contribution >= 4 is 5.69 Å². The molecular weight excluding hydrogens is 220 g/mol. The molecule has 0 aromatic heterocycles. The van der Waals surface area contributed by atoms with E-state index in [1.165, 1.54) is 30.6 Å². The maximum atomic E-state index is 2.65. The third-order valence-electron chi connectivity index (χ3n) is 3.89.